The van der Waals surface area contributed by atoms with Crippen LogP contribution in [0.4, 0.5) is 0 Å². The molecule has 3 rings (SSSR count). The van der Waals surface area contributed by atoms with E-state index >= 15 is 0 Å². The standard InChI is InChI=1S/C22H24ClN3O5/c1-15(27)28-14-18-20(29-12-16-8-4-2-5-9-16)21(19(25-26-24)22(23)31-18)30-13-17-10-6-3-7-11-17/h2-11,18-22H,12-14H2,1H3/t18-,19-,20-,21-,22-/m1/s1. The first-order valence-electron chi connectivity index (χ1n) is 9.86. The number of esters is 1. The highest BCUT2D eigenvalue weighted by molar-refractivity contribution is 6.20. The van der Waals surface area contributed by atoms with E-state index in [0.717, 1.165) is 11.1 Å². The summed E-state index contributed by atoms with van der Waals surface area (Å²) in [6.07, 6.45) is -2.09. The maximum absolute atomic E-state index is 11.4. The van der Waals surface area contributed by atoms with Crippen molar-refractivity contribution in [1.82, 2.24) is 0 Å². The SMILES string of the molecule is CC(=O)OC[C@H]1O[C@@H](Cl)[C@H](N=[N+]=[N-])[C@@H](OCc2ccccc2)[C@@H]1OCc1ccccc1. The molecule has 1 heterocycles. The van der Waals surface area contributed by atoms with Crippen LogP contribution in [0, 0.1) is 0 Å². The van der Waals surface area contributed by atoms with Crippen LogP contribution in [0.1, 0.15) is 18.1 Å². The maximum atomic E-state index is 11.4. The molecule has 0 spiro atoms. The minimum absolute atomic E-state index is 0.0633. The molecule has 0 N–H and O–H groups in total. The molecule has 31 heavy (non-hydrogen) atoms. The molecule has 8 nitrogen and oxygen atoms in total. The zero-order chi connectivity index (χ0) is 22.1. The van der Waals surface area contributed by atoms with Gasteiger partial charge in [0.15, 0.2) is 0 Å². The van der Waals surface area contributed by atoms with Crippen molar-refractivity contribution in [3.63, 3.8) is 0 Å². The molecule has 5 atom stereocenters. The fraction of sp³-hybridized carbons (Fsp3) is 0.409. The Labute approximate surface area is 185 Å². The number of hydrogen-bond acceptors (Lipinski definition) is 6. The van der Waals surface area contributed by atoms with Gasteiger partial charge < -0.3 is 18.9 Å². The summed E-state index contributed by atoms with van der Waals surface area (Å²) in [5.41, 5.74) is 9.98. The minimum atomic E-state index is -0.964. The topological polar surface area (TPSA) is 103 Å². The summed E-state index contributed by atoms with van der Waals surface area (Å²) in [6.45, 7) is 1.78. The molecule has 1 fully saturated rings. The van der Waals surface area contributed by atoms with Crippen molar-refractivity contribution in [3.8, 4) is 0 Å². The van der Waals surface area contributed by atoms with Gasteiger partial charge in [-0.15, -0.1) is 0 Å². The second-order valence-corrected chi connectivity index (χ2v) is 7.48. The first-order valence-corrected chi connectivity index (χ1v) is 10.3. The molecule has 0 aliphatic carbocycles. The molecule has 1 aliphatic rings. The van der Waals surface area contributed by atoms with Gasteiger partial charge >= 0.3 is 5.97 Å². The van der Waals surface area contributed by atoms with Crippen molar-refractivity contribution in [2.45, 2.75) is 50.1 Å². The number of benzene rings is 2. The van der Waals surface area contributed by atoms with E-state index < -0.39 is 35.9 Å². The third-order valence-corrected chi connectivity index (χ3v) is 5.17. The Morgan fingerprint density at radius 1 is 1.03 bits per heavy atom. The van der Waals surface area contributed by atoms with Crippen LogP contribution in [0.2, 0.25) is 0 Å². The Hall–Kier alpha value is -2.61. The van der Waals surface area contributed by atoms with Gasteiger partial charge in [0.2, 0.25) is 0 Å². The predicted octanol–water partition coefficient (Wildman–Crippen LogP) is 4.36. The summed E-state index contributed by atoms with van der Waals surface area (Å²) in [5.74, 6) is -0.449. The Kier molecular flexibility index (Phi) is 8.70. The van der Waals surface area contributed by atoms with Crippen LogP contribution >= 0.6 is 11.6 Å². The van der Waals surface area contributed by atoms with Gasteiger partial charge in [0, 0.05) is 11.8 Å². The van der Waals surface area contributed by atoms with Crippen LogP contribution in [0.15, 0.2) is 65.8 Å². The quantitative estimate of drug-likeness (QED) is 0.187. The maximum Gasteiger partial charge on any atom is 0.302 e. The van der Waals surface area contributed by atoms with Crippen molar-refractivity contribution in [1.29, 1.82) is 0 Å². The lowest BCUT2D eigenvalue weighted by Crippen LogP contribution is -2.58. The summed E-state index contributed by atoms with van der Waals surface area (Å²) in [7, 11) is 0. The summed E-state index contributed by atoms with van der Waals surface area (Å²) >= 11 is 6.37. The number of nitrogens with zero attached hydrogens (tertiary/aromatic N) is 3. The van der Waals surface area contributed by atoms with Gasteiger partial charge in [0.25, 0.3) is 0 Å². The van der Waals surface area contributed by atoms with Crippen molar-refractivity contribution in [2.24, 2.45) is 5.11 Å². The van der Waals surface area contributed by atoms with Gasteiger partial charge in [-0.3, -0.25) is 4.79 Å². The van der Waals surface area contributed by atoms with Gasteiger partial charge in [0.1, 0.15) is 30.4 Å². The molecule has 0 bridgehead atoms. The largest absolute Gasteiger partial charge is 0.463 e. The van der Waals surface area contributed by atoms with E-state index in [-0.39, 0.29) is 19.8 Å². The molecule has 0 unspecified atom stereocenters. The number of rotatable bonds is 9. The average molecular weight is 446 g/mol. The van der Waals surface area contributed by atoms with Crippen LogP contribution in [-0.4, -0.2) is 42.5 Å². The molecule has 0 aromatic heterocycles. The zero-order valence-electron chi connectivity index (χ0n) is 17.0. The molecule has 164 valence electrons. The molecule has 9 heteroatoms. The molecule has 2 aromatic rings. The second-order valence-electron chi connectivity index (χ2n) is 7.05. The lowest BCUT2D eigenvalue weighted by atomic mass is 9.97. The van der Waals surface area contributed by atoms with E-state index in [4.69, 9.17) is 36.1 Å². The van der Waals surface area contributed by atoms with Crippen LogP contribution < -0.4 is 0 Å². The number of alkyl halides is 1. The number of halogens is 1. The molecule has 1 aliphatic heterocycles. The number of hydrogen-bond donors (Lipinski definition) is 0. The highest BCUT2D eigenvalue weighted by atomic mass is 35.5. The van der Waals surface area contributed by atoms with Crippen LogP contribution in [0.25, 0.3) is 10.4 Å². The highest BCUT2D eigenvalue weighted by Gasteiger charge is 2.47. The van der Waals surface area contributed by atoms with Crippen molar-refractivity contribution < 1.29 is 23.7 Å². The Bertz CT molecular complexity index is 879. The van der Waals surface area contributed by atoms with E-state index in [1.165, 1.54) is 6.92 Å². The van der Waals surface area contributed by atoms with Gasteiger partial charge in [-0.05, 0) is 16.7 Å². The fourth-order valence-corrected chi connectivity index (χ4v) is 3.65. The van der Waals surface area contributed by atoms with E-state index in [1.54, 1.807) is 0 Å². The number of azide groups is 1. The summed E-state index contributed by atoms with van der Waals surface area (Å²) in [4.78, 5) is 14.3. The molecule has 0 radical (unpaired) electrons. The van der Waals surface area contributed by atoms with Crippen molar-refractivity contribution in [3.05, 3.63) is 82.2 Å². The molecular weight excluding hydrogens is 422 g/mol. The number of carbonyl (C=O) groups is 1. The van der Waals surface area contributed by atoms with E-state index in [2.05, 4.69) is 10.0 Å². The molecule has 1 saturated heterocycles. The fourth-order valence-electron chi connectivity index (χ4n) is 3.32. The number of ether oxygens (including phenoxy) is 4. The summed E-state index contributed by atoms with van der Waals surface area (Å²) in [6, 6.07) is 18.3. The predicted molar refractivity (Wildman–Crippen MR) is 114 cm³/mol. The highest BCUT2D eigenvalue weighted by Crippen LogP contribution is 2.31. The molecule has 0 amide bonds. The van der Waals surface area contributed by atoms with Gasteiger partial charge in [0.05, 0.1) is 19.3 Å². The van der Waals surface area contributed by atoms with Crippen molar-refractivity contribution >= 4 is 17.6 Å². The van der Waals surface area contributed by atoms with Crippen LogP contribution in [0.3, 0.4) is 0 Å². The smallest absolute Gasteiger partial charge is 0.302 e. The van der Waals surface area contributed by atoms with E-state index in [9.17, 15) is 4.79 Å². The third-order valence-electron chi connectivity index (χ3n) is 4.81. The van der Waals surface area contributed by atoms with Crippen LogP contribution in [0.5, 0.6) is 0 Å². The van der Waals surface area contributed by atoms with E-state index in [1.807, 2.05) is 60.7 Å². The van der Waals surface area contributed by atoms with Gasteiger partial charge in [-0.2, -0.15) is 0 Å². The monoisotopic (exact) mass is 445 g/mol. The van der Waals surface area contributed by atoms with E-state index in [0.29, 0.717) is 0 Å². The zero-order valence-corrected chi connectivity index (χ0v) is 17.8. The van der Waals surface area contributed by atoms with Crippen molar-refractivity contribution in [2.75, 3.05) is 6.61 Å². The Morgan fingerprint density at radius 3 is 2.10 bits per heavy atom. The summed E-state index contributed by atoms with van der Waals surface area (Å²) < 4.78 is 23.3. The average Bonchev–Trinajstić information content (AvgIpc) is 2.78. The normalized spacial score (nSPS) is 25.4. The molecule has 0 saturated carbocycles. The molecule has 2 aromatic carbocycles. The lowest BCUT2D eigenvalue weighted by molar-refractivity contribution is -0.212. The Balaban J connectivity index is 1.83. The summed E-state index contributed by atoms with van der Waals surface area (Å²) in [5, 5.41) is 3.80. The second kappa shape index (κ2) is 11.7. The Morgan fingerprint density at radius 2 is 1.58 bits per heavy atom. The minimum Gasteiger partial charge on any atom is -0.463 e. The van der Waals surface area contributed by atoms with Gasteiger partial charge in [-0.25, -0.2) is 0 Å². The lowest BCUT2D eigenvalue weighted by Gasteiger charge is -2.42. The van der Waals surface area contributed by atoms with Gasteiger partial charge in [-0.1, -0.05) is 77.4 Å². The first-order chi connectivity index (χ1) is 15.1. The molecular formula is C22H24ClN3O5. The number of carbonyl (C=O) groups excluding carboxylic acids is 1. The third kappa shape index (κ3) is 6.69. The first kappa shape index (κ1) is 23.1. The van der Waals surface area contributed by atoms with Crippen LogP contribution in [-0.2, 0) is 37.0 Å².